The number of hydrogen-bond acceptors (Lipinski definition) is 5. The van der Waals surface area contributed by atoms with E-state index in [0.717, 1.165) is 32.4 Å². The van der Waals surface area contributed by atoms with Crippen LogP contribution in [0, 0.1) is 0 Å². The Morgan fingerprint density at radius 1 is 1.53 bits per heavy atom. The summed E-state index contributed by atoms with van der Waals surface area (Å²) in [6, 6.07) is 0.272. The van der Waals surface area contributed by atoms with Crippen molar-refractivity contribution >= 4 is 17.4 Å². The zero-order chi connectivity index (χ0) is 10.5. The van der Waals surface area contributed by atoms with Gasteiger partial charge in [-0.25, -0.2) is 0 Å². The molecular formula is C9H14N4OS. The van der Waals surface area contributed by atoms with Crippen LogP contribution in [0.5, 0.6) is 0 Å². The first-order valence-corrected chi connectivity index (χ1v) is 5.98. The van der Waals surface area contributed by atoms with Crippen molar-refractivity contribution in [3.05, 3.63) is 11.1 Å². The minimum Gasteiger partial charge on any atom is -0.348 e. The zero-order valence-corrected chi connectivity index (χ0v) is 9.22. The SMILES string of the molecule is O=C(NC1CCCNCC1)c1csnn1. The lowest BCUT2D eigenvalue weighted by molar-refractivity contribution is 0.0929. The second-order valence-corrected chi connectivity index (χ2v) is 4.25. The third kappa shape index (κ3) is 2.97. The lowest BCUT2D eigenvalue weighted by atomic mass is 10.1. The summed E-state index contributed by atoms with van der Waals surface area (Å²) in [6.45, 7) is 2.02. The van der Waals surface area contributed by atoms with Gasteiger partial charge in [0, 0.05) is 11.4 Å². The summed E-state index contributed by atoms with van der Waals surface area (Å²) < 4.78 is 3.67. The molecule has 1 fully saturated rings. The summed E-state index contributed by atoms with van der Waals surface area (Å²) in [4.78, 5) is 11.7. The molecule has 0 radical (unpaired) electrons. The van der Waals surface area contributed by atoms with Crippen molar-refractivity contribution in [3.63, 3.8) is 0 Å². The van der Waals surface area contributed by atoms with Gasteiger partial charge in [-0.3, -0.25) is 4.79 Å². The maximum absolute atomic E-state index is 11.7. The Bertz CT molecular complexity index is 306. The van der Waals surface area contributed by atoms with Crippen LogP contribution in [0.4, 0.5) is 0 Å². The smallest absolute Gasteiger partial charge is 0.272 e. The fraction of sp³-hybridized carbons (Fsp3) is 0.667. The van der Waals surface area contributed by atoms with Gasteiger partial charge in [0.2, 0.25) is 0 Å². The highest BCUT2D eigenvalue weighted by atomic mass is 32.1. The van der Waals surface area contributed by atoms with Crippen LogP contribution in [0.15, 0.2) is 5.38 Å². The largest absolute Gasteiger partial charge is 0.348 e. The predicted octanol–water partition coefficient (Wildman–Crippen LogP) is 0.410. The lowest BCUT2D eigenvalue weighted by Gasteiger charge is -2.14. The summed E-state index contributed by atoms with van der Waals surface area (Å²) in [5.74, 6) is -0.101. The zero-order valence-electron chi connectivity index (χ0n) is 8.40. The molecule has 0 aliphatic carbocycles. The fourth-order valence-electron chi connectivity index (χ4n) is 1.69. The molecule has 82 valence electrons. The molecule has 6 heteroatoms. The molecule has 5 nitrogen and oxygen atoms in total. The quantitative estimate of drug-likeness (QED) is 0.766. The number of nitrogens with zero attached hydrogens (tertiary/aromatic N) is 2. The van der Waals surface area contributed by atoms with Crippen LogP contribution in [0.1, 0.15) is 29.8 Å². The average molecular weight is 226 g/mol. The molecule has 0 bridgehead atoms. The van der Waals surface area contributed by atoms with Crippen molar-refractivity contribution in [2.75, 3.05) is 13.1 Å². The number of nitrogens with one attached hydrogen (secondary N) is 2. The van der Waals surface area contributed by atoms with Gasteiger partial charge in [0.15, 0.2) is 5.69 Å². The van der Waals surface area contributed by atoms with Crippen molar-refractivity contribution in [2.45, 2.75) is 25.3 Å². The second-order valence-electron chi connectivity index (χ2n) is 3.64. The van der Waals surface area contributed by atoms with Crippen molar-refractivity contribution in [1.82, 2.24) is 20.2 Å². The van der Waals surface area contributed by atoms with E-state index in [2.05, 4.69) is 20.2 Å². The molecule has 0 aromatic carbocycles. The molecule has 15 heavy (non-hydrogen) atoms. The first-order chi connectivity index (χ1) is 7.36. The number of carbonyl (C=O) groups is 1. The van der Waals surface area contributed by atoms with Gasteiger partial charge < -0.3 is 10.6 Å². The molecule has 2 heterocycles. The molecular weight excluding hydrogens is 212 g/mol. The summed E-state index contributed by atoms with van der Waals surface area (Å²) in [6.07, 6.45) is 3.14. The highest BCUT2D eigenvalue weighted by molar-refractivity contribution is 7.03. The Balaban J connectivity index is 1.87. The van der Waals surface area contributed by atoms with Gasteiger partial charge in [-0.1, -0.05) is 4.49 Å². The van der Waals surface area contributed by atoms with Crippen molar-refractivity contribution in [3.8, 4) is 0 Å². The normalized spacial score (nSPS) is 22.0. The fourth-order valence-corrected chi connectivity index (χ4v) is 2.12. The van der Waals surface area contributed by atoms with E-state index in [9.17, 15) is 4.79 Å². The Hall–Kier alpha value is -1.01. The average Bonchev–Trinajstić information content (AvgIpc) is 2.65. The number of aromatic nitrogens is 2. The summed E-state index contributed by atoms with van der Waals surface area (Å²) >= 11 is 1.20. The third-order valence-electron chi connectivity index (χ3n) is 2.50. The molecule has 1 aromatic rings. The molecule has 0 spiro atoms. The molecule has 0 saturated carbocycles. The Kier molecular flexibility index (Phi) is 3.63. The van der Waals surface area contributed by atoms with Crippen LogP contribution in [-0.4, -0.2) is 34.6 Å². The molecule has 1 saturated heterocycles. The summed E-state index contributed by atoms with van der Waals surface area (Å²) in [5, 5.41) is 11.7. The van der Waals surface area contributed by atoms with E-state index >= 15 is 0 Å². The Morgan fingerprint density at radius 2 is 2.47 bits per heavy atom. The second kappa shape index (κ2) is 5.18. The number of hydrogen-bond donors (Lipinski definition) is 2. The van der Waals surface area contributed by atoms with Crippen LogP contribution >= 0.6 is 11.5 Å². The molecule has 1 atom stereocenters. The van der Waals surface area contributed by atoms with E-state index in [1.165, 1.54) is 11.5 Å². The molecule has 1 aliphatic rings. The van der Waals surface area contributed by atoms with E-state index < -0.39 is 0 Å². The molecule has 2 N–H and O–H groups in total. The van der Waals surface area contributed by atoms with Crippen LogP contribution in [-0.2, 0) is 0 Å². The van der Waals surface area contributed by atoms with Crippen LogP contribution in [0.25, 0.3) is 0 Å². The molecule has 1 aliphatic heterocycles. The van der Waals surface area contributed by atoms with E-state index in [4.69, 9.17) is 0 Å². The van der Waals surface area contributed by atoms with Crippen molar-refractivity contribution in [2.24, 2.45) is 0 Å². The van der Waals surface area contributed by atoms with Crippen molar-refractivity contribution < 1.29 is 4.79 Å². The number of carbonyl (C=O) groups excluding carboxylic acids is 1. The van der Waals surface area contributed by atoms with E-state index in [-0.39, 0.29) is 11.9 Å². The highest BCUT2D eigenvalue weighted by Crippen LogP contribution is 2.06. The summed E-state index contributed by atoms with van der Waals surface area (Å²) in [7, 11) is 0. The van der Waals surface area contributed by atoms with Crippen LogP contribution in [0.2, 0.25) is 0 Å². The van der Waals surface area contributed by atoms with Gasteiger partial charge in [-0.2, -0.15) is 0 Å². The van der Waals surface area contributed by atoms with Gasteiger partial charge in [-0.05, 0) is 43.9 Å². The van der Waals surface area contributed by atoms with E-state index in [1.54, 1.807) is 5.38 Å². The van der Waals surface area contributed by atoms with E-state index in [0.29, 0.717) is 5.69 Å². The number of rotatable bonds is 2. The predicted molar refractivity (Wildman–Crippen MR) is 57.9 cm³/mol. The maximum Gasteiger partial charge on any atom is 0.272 e. The first kappa shape index (κ1) is 10.5. The Morgan fingerprint density at radius 3 is 3.27 bits per heavy atom. The van der Waals surface area contributed by atoms with Gasteiger partial charge in [0.1, 0.15) is 0 Å². The minimum absolute atomic E-state index is 0.101. The van der Waals surface area contributed by atoms with Gasteiger partial charge in [0.25, 0.3) is 5.91 Å². The molecule has 1 aromatic heterocycles. The molecule has 1 unspecified atom stereocenters. The summed E-state index contributed by atoms with van der Waals surface area (Å²) in [5.41, 5.74) is 0.428. The molecule has 1 amide bonds. The van der Waals surface area contributed by atoms with Crippen LogP contribution < -0.4 is 10.6 Å². The molecule has 2 rings (SSSR count). The first-order valence-electron chi connectivity index (χ1n) is 5.15. The maximum atomic E-state index is 11.7. The number of amides is 1. The van der Waals surface area contributed by atoms with E-state index in [1.807, 2.05) is 0 Å². The lowest BCUT2D eigenvalue weighted by Crippen LogP contribution is -2.35. The minimum atomic E-state index is -0.101. The standard InChI is InChI=1S/C9H14N4OS/c14-9(8-6-15-13-12-8)11-7-2-1-4-10-5-3-7/h6-7,10H,1-5H2,(H,11,14). The Labute approximate surface area is 92.4 Å². The monoisotopic (exact) mass is 226 g/mol. The third-order valence-corrected chi connectivity index (χ3v) is 3.01. The van der Waals surface area contributed by atoms with Gasteiger partial charge in [-0.15, -0.1) is 5.10 Å². The van der Waals surface area contributed by atoms with Gasteiger partial charge in [0.05, 0.1) is 0 Å². The van der Waals surface area contributed by atoms with Crippen LogP contribution in [0.3, 0.4) is 0 Å². The van der Waals surface area contributed by atoms with Crippen molar-refractivity contribution in [1.29, 1.82) is 0 Å². The van der Waals surface area contributed by atoms with Gasteiger partial charge >= 0.3 is 0 Å². The highest BCUT2D eigenvalue weighted by Gasteiger charge is 2.16. The topological polar surface area (TPSA) is 66.9 Å².